The highest BCUT2D eigenvalue weighted by molar-refractivity contribution is 5.77. The number of hydrogen-bond donors (Lipinski definition) is 1. The van der Waals surface area contributed by atoms with Crippen LogP contribution in [0.4, 0.5) is 0 Å². The number of imidazole rings is 1. The number of aromatic nitrogens is 4. The minimum Gasteiger partial charge on any atom is -0.316 e. The molecule has 0 radical (unpaired) electrons. The van der Waals surface area contributed by atoms with Gasteiger partial charge in [-0.05, 0) is 31.0 Å². The van der Waals surface area contributed by atoms with E-state index in [1.54, 1.807) is 17.1 Å². The number of nitrogens with zero attached hydrogens (tertiary/aromatic N) is 3. The van der Waals surface area contributed by atoms with Crippen LogP contribution in [0.5, 0.6) is 0 Å². The van der Waals surface area contributed by atoms with Crippen molar-refractivity contribution < 1.29 is 0 Å². The molecule has 2 aromatic heterocycles. The average molecular weight is 310 g/mol. The van der Waals surface area contributed by atoms with Crippen LogP contribution >= 0.6 is 0 Å². The molecule has 0 aliphatic heterocycles. The number of H-pyrrole nitrogens is 1. The number of benzene rings is 1. The number of aromatic amines is 1. The molecule has 0 saturated heterocycles. The Labute approximate surface area is 132 Å². The van der Waals surface area contributed by atoms with Crippen LogP contribution < -0.4 is 11.1 Å². The van der Waals surface area contributed by atoms with Gasteiger partial charge in [-0.15, -0.1) is 0 Å². The molecule has 1 aliphatic carbocycles. The average Bonchev–Trinajstić information content (AvgIpc) is 3.11. The van der Waals surface area contributed by atoms with E-state index < -0.39 is 11.1 Å². The van der Waals surface area contributed by atoms with E-state index in [1.807, 2.05) is 29.0 Å². The monoisotopic (exact) mass is 310 g/mol. The lowest BCUT2D eigenvalue weighted by molar-refractivity contribution is 0.352. The van der Waals surface area contributed by atoms with Crippen molar-refractivity contribution in [2.24, 2.45) is 0 Å². The summed E-state index contributed by atoms with van der Waals surface area (Å²) in [5.74, 6) is 0. The Morgan fingerprint density at radius 1 is 1.13 bits per heavy atom. The maximum atomic E-state index is 12.5. The Morgan fingerprint density at radius 2 is 1.96 bits per heavy atom. The molecule has 6 nitrogen and oxygen atoms in total. The van der Waals surface area contributed by atoms with Crippen molar-refractivity contribution in [1.29, 1.82) is 0 Å². The van der Waals surface area contributed by atoms with Crippen molar-refractivity contribution in [2.75, 3.05) is 0 Å². The Hall–Kier alpha value is -2.63. The van der Waals surface area contributed by atoms with E-state index in [0.29, 0.717) is 5.52 Å². The third-order valence-corrected chi connectivity index (χ3v) is 4.64. The Balaban J connectivity index is 1.97. The first-order valence-electron chi connectivity index (χ1n) is 8.01. The van der Waals surface area contributed by atoms with Crippen molar-refractivity contribution in [1.82, 2.24) is 19.1 Å². The molecule has 0 spiro atoms. The van der Waals surface area contributed by atoms with Gasteiger partial charge >= 0.3 is 11.1 Å². The number of hydrogen-bond acceptors (Lipinski definition) is 3. The van der Waals surface area contributed by atoms with Crippen LogP contribution in [0.2, 0.25) is 0 Å². The second kappa shape index (κ2) is 5.53. The molecule has 2 heterocycles. The van der Waals surface area contributed by atoms with Gasteiger partial charge in [-0.25, -0.2) is 4.98 Å². The van der Waals surface area contributed by atoms with Gasteiger partial charge in [0.2, 0.25) is 0 Å². The number of nitrogens with one attached hydrogen (secondary N) is 1. The van der Waals surface area contributed by atoms with Crippen LogP contribution in [-0.4, -0.2) is 19.1 Å². The first-order chi connectivity index (χ1) is 11.2. The molecule has 0 unspecified atom stereocenters. The van der Waals surface area contributed by atoms with E-state index >= 15 is 0 Å². The first-order valence-corrected chi connectivity index (χ1v) is 8.01. The van der Waals surface area contributed by atoms with Crippen LogP contribution in [0.15, 0.2) is 46.5 Å². The number of rotatable bonds is 2. The van der Waals surface area contributed by atoms with Crippen LogP contribution in [0.1, 0.15) is 38.1 Å². The molecule has 1 N–H and O–H groups in total. The molecule has 118 valence electrons. The second-order valence-corrected chi connectivity index (χ2v) is 6.09. The maximum Gasteiger partial charge on any atom is 0.316 e. The molecule has 3 aromatic rings. The summed E-state index contributed by atoms with van der Waals surface area (Å²) >= 11 is 0. The zero-order valence-corrected chi connectivity index (χ0v) is 12.7. The quantitative estimate of drug-likeness (QED) is 0.739. The summed E-state index contributed by atoms with van der Waals surface area (Å²) in [5.41, 5.74) is 1.41. The predicted octanol–water partition coefficient (Wildman–Crippen LogP) is 2.38. The van der Waals surface area contributed by atoms with Gasteiger partial charge < -0.3 is 9.55 Å². The number of fused-ring (bicyclic) bond motifs is 1. The van der Waals surface area contributed by atoms with Crippen LogP contribution in [-0.2, 0) is 0 Å². The van der Waals surface area contributed by atoms with E-state index in [9.17, 15) is 9.59 Å². The third-order valence-electron chi connectivity index (χ3n) is 4.64. The predicted molar refractivity (Wildman–Crippen MR) is 88.1 cm³/mol. The first kappa shape index (κ1) is 14.0. The van der Waals surface area contributed by atoms with E-state index in [1.165, 1.54) is 6.42 Å². The molecule has 1 saturated carbocycles. The Morgan fingerprint density at radius 3 is 2.70 bits per heavy atom. The van der Waals surface area contributed by atoms with Gasteiger partial charge in [0.15, 0.2) is 0 Å². The largest absolute Gasteiger partial charge is 0.316 e. The fourth-order valence-electron chi connectivity index (χ4n) is 3.49. The summed E-state index contributed by atoms with van der Waals surface area (Å²) in [6, 6.07) is 5.82. The molecular formula is C17H18N4O2. The van der Waals surface area contributed by atoms with Crippen LogP contribution in [0.3, 0.4) is 0 Å². The van der Waals surface area contributed by atoms with Crippen molar-refractivity contribution in [3.63, 3.8) is 0 Å². The lowest BCUT2D eigenvalue weighted by Crippen LogP contribution is -2.38. The molecule has 0 bridgehead atoms. The smallest absolute Gasteiger partial charge is 0.316 e. The lowest BCUT2D eigenvalue weighted by atomic mass is 9.95. The van der Waals surface area contributed by atoms with Crippen LogP contribution in [0, 0.1) is 0 Å². The van der Waals surface area contributed by atoms with Gasteiger partial charge in [0.25, 0.3) is 0 Å². The van der Waals surface area contributed by atoms with Gasteiger partial charge in [0.05, 0.1) is 17.4 Å². The van der Waals surface area contributed by atoms with Crippen molar-refractivity contribution in [3.05, 3.63) is 57.6 Å². The Bertz CT molecular complexity index is 947. The second-order valence-electron chi connectivity index (χ2n) is 6.09. The summed E-state index contributed by atoms with van der Waals surface area (Å²) in [6.45, 7) is 0. The summed E-state index contributed by atoms with van der Waals surface area (Å²) in [7, 11) is 0. The fraction of sp³-hybridized carbons (Fsp3) is 0.353. The highest BCUT2D eigenvalue weighted by Crippen LogP contribution is 2.29. The molecule has 1 fully saturated rings. The summed E-state index contributed by atoms with van der Waals surface area (Å²) in [4.78, 5) is 31.2. The minimum atomic E-state index is -0.543. The van der Waals surface area contributed by atoms with E-state index in [2.05, 4.69) is 9.97 Å². The lowest BCUT2D eigenvalue weighted by Gasteiger charge is -2.25. The molecule has 6 heteroatoms. The van der Waals surface area contributed by atoms with E-state index in [-0.39, 0.29) is 6.04 Å². The highest BCUT2D eigenvalue weighted by atomic mass is 16.2. The molecule has 4 rings (SSSR count). The molecular weight excluding hydrogens is 292 g/mol. The molecule has 1 aliphatic rings. The standard InChI is InChI=1S/C17H18N4O2/c22-16-17(23)21(12-4-2-1-3-5-12)15-10-13(6-7-14(15)19-16)20-9-8-18-11-20/h6-12H,1-5H2,(H,19,22). The van der Waals surface area contributed by atoms with Gasteiger partial charge in [0, 0.05) is 24.1 Å². The molecule has 0 atom stereocenters. The van der Waals surface area contributed by atoms with Gasteiger partial charge in [-0.1, -0.05) is 19.3 Å². The molecule has 0 amide bonds. The maximum absolute atomic E-state index is 12.5. The van der Waals surface area contributed by atoms with Gasteiger partial charge in [0.1, 0.15) is 0 Å². The third kappa shape index (κ3) is 2.40. The van der Waals surface area contributed by atoms with Gasteiger partial charge in [-0.2, -0.15) is 0 Å². The summed E-state index contributed by atoms with van der Waals surface area (Å²) in [6.07, 6.45) is 10.6. The summed E-state index contributed by atoms with van der Waals surface area (Å²) < 4.78 is 3.59. The normalized spacial score (nSPS) is 16.0. The van der Waals surface area contributed by atoms with Crippen molar-refractivity contribution >= 4 is 11.0 Å². The van der Waals surface area contributed by atoms with E-state index in [4.69, 9.17) is 0 Å². The fourth-order valence-corrected chi connectivity index (χ4v) is 3.49. The van der Waals surface area contributed by atoms with Gasteiger partial charge in [-0.3, -0.25) is 14.2 Å². The zero-order chi connectivity index (χ0) is 15.8. The summed E-state index contributed by atoms with van der Waals surface area (Å²) in [5, 5.41) is 0. The van der Waals surface area contributed by atoms with Crippen molar-refractivity contribution in [3.8, 4) is 5.69 Å². The SMILES string of the molecule is O=c1[nH]c2ccc(-n3ccnc3)cc2n(C2CCCCC2)c1=O. The van der Waals surface area contributed by atoms with E-state index in [0.717, 1.165) is 36.9 Å². The highest BCUT2D eigenvalue weighted by Gasteiger charge is 2.20. The zero-order valence-electron chi connectivity index (χ0n) is 12.7. The Kier molecular flexibility index (Phi) is 3.37. The topological polar surface area (TPSA) is 72.7 Å². The minimum absolute atomic E-state index is 0.110. The molecule has 1 aromatic carbocycles. The van der Waals surface area contributed by atoms with Crippen molar-refractivity contribution in [2.45, 2.75) is 38.1 Å². The van der Waals surface area contributed by atoms with Crippen LogP contribution in [0.25, 0.3) is 16.7 Å². The molecule has 23 heavy (non-hydrogen) atoms.